The van der Waals surface area contributed by atoms with Crippen molar-refractivity contribution in [2.75, 3.05) is 0 Å². The monoisotopic (exact) mass is 249 g/mol. The topological polar surface area (TPSA) is 63.3 Å². The first kappa shape index (κ1) is 9.70. The third kappa shape index (κ3) is 2.58. The third-order valence-electron chi connectivity index (χ3n) is 1.39. The Morgan fingerprint density at radius 2 is 2.50 bits per heavy atom. The standard InChI is InChI=1S/C7H8BrNO2S/c8-6-2-4(3-12-6)1-5(9)7(10)11/h2-3,5H,1,9H2,(H,10,11)/t5-/m1/s1. The second-order valence-electron chi connectivity index (χ2n) is 2.41. The Morgan fingerprint density at radius 3 is 2.92 bits per heavy atom. The van der Waals surface area contributed by atoms with E-state index in [-0.39, 0.29) is 0 Å². The van der Waals surface area contributed by atoms with Crippen LogP contribution in [0.3, 0.4) is 0 Å². The van der Waals surface area contributed by atoms with Gasteiger partial charge in [-0.25, -0.2) is 0 Å². The van der Waals surface area contributed by atoms with Gasteiger partial charge in [-0.2, -0.15) is 0 Å². The van der Waals surface area contributed by atoms with Crippen LogP contribution < -0.4 is 5.73 Å². The Bertz CT molecular complexity index is 287. The van der Waals surface area contributed by atoms with Crippen molar-refractivity contribution in [1.29, 1.82) is 0 Å². The maximum atomic E-state index is 10.4. The molecule has 5 heteroatoms. The van der Waals surface area contributed by atoms with Crippen molar-refractivity contribution in [3.8, 4) is 0 Å². The van der Waals surface area contributed by atoms with E-state index in [2.05, 4.69) is 15.9 Å². The molecule has 3 nitrogen and oxygen atoms in total. The number of nitrogens with two attached hydrogens (primary N) is 1. The van der Waals surface area contributed by atoms with Crippen molar-refractivity contribution in [3.05, 3.63) is 20.8 Å². The molecule has 12 heavy (non-hydrogen) atoms. The molecule has 1 atom stereocenters. The Hall–Kier alpha value is -0.390. The van der Waals surface area contributed by atoms with Crippen molar-refractivity contribution in [2.45, 2.75) is 12.5 Å². The molecule has 66 valence electrons. The lowest BCUT2D eigenvalue weighted by Gasteiger charge is -2.02. The smallest absolute Gasteiger partial charge is 0.320 e. The molecule has 1 aromatic rings. The van der Waals surface area contributed by atoms with Crippen molar-refractivity contribution >= 4 is 33.2 Å². The number of carboxylic acid groups (broad SMARTS) is 1. The summed E-state index contributed by atoms with van der Waals surface area (Å²) >= 11 is 4.82. The van der Waals surface area contributed by atoms with Crippen LogP contribution in [0.2, 0.25) is 0 Å². The van der Waals surface area contributed by atoms with Gasteiger partial charge < -0.3 is 10.8 Å². The zero-order chi connectivity index (χ0) is 9.14. The van der Waals surface area contributed by atoms with E-state index in [4.69, 9.17) is 10.8 Å². The van der Waals surface area contributed by atoms with E-state index < -0.39 is 12.0 Å². The number of carbonyl (C=O) groups is 1. The molecule has 1 aromatic heterocycles. The molecule has 0 saturated carbocycles. The third-order valence-corrected chi connectivity index (χ3v) is 2.95. The summed E-state index contributed by atoms with van der Waals surface area (Å²) in [6.45, 7) is 0. The minimum Gasteiger partial charge on any atom is -0.480 e. The van der Waals surface area contributed by atoms with Crippen molar-refractivity contribution in [2.24, 2.45) is 5.73 Å². The maximum absolute atomic E-state index is 10.4. The molecule has 0 amide bonds. The Kier molecular flexibility index (Phi) is 3.25. The van der Waals surface area contributed by atoms with Gasteiger partial charge in [0.25, 0.3) is 0 Å². The van der Waals surface area contributed by atoms with Crippen molar-refractivity contribution in [1.82, 2.24) is 0 Å². The second kappa shape index (κ2) is 4.02. The van der Waals surface area contributed by atoms with E-state index in [1.807, 2.05) is 11.4 Å². The van der Waals surface area contributed by atoms with E-state index in [1.54, 1.807) is 0 Å². The molecule has 0 fully saturated rings. The molecule has 0 spiro atoms. The normalized spacial score (nSPS) is 12.8. The van der Waals surface area contributed by atoms with Gasteiger partial charge in [-0.15, -0.1) is 11.3 Å². The summed E-state index contributed by atoms with van der Waals surface area (Å²) < 4.78 is 0.995. The number of hydrogen-bond acceptors (Lipinski definition) is 3. The Morgan fingerprint density at radius 1 is 1.83 bits per heavy atom. The maximum Gasteiger partial charge on any atom is 0.320 e. The van der Waals surface area contributed by atoms with Crippen LogP contribution in [-0.2, 0) is 11.2 Å². The van der Waals surface area contributed by atoms with Gasteiger partial charge in [0.15, 0.2) is 0 Å². The van der Waals surface area contributed by atoms with Gasteiger partial charge in [-0.05, 0) is 39.4 Å². The van der Waals surface area contributed by atoms with E-state index in [9.17, 15) is 4.79 Å². The zero-order valence-corrected chi connectivity index (χ0v) is 8.56. The van der Waals surface area contributed by atoms with Crippen LogP contribution in [0, 0.1) is 0 Å². The molecule has 0 saturated heterocycles. The highest BCUT2D eigenvalue weighted by Crippen LogP contribution is 2.21. The van der Waals surface area contributed by atoms with E-state index in [1.165, 1.54) is 11.3 Å². The minimum absolute atomic E-state index is 0.386. The number of carboxylic acids is 1. The summed E-state index contributed by atoms with van der Waals surface area (Å²) in [5.41, 5.74) is 6.31. The highest BCUT2D eigenvalue weighted by molar-refractivity contribution is 9.11. The zero-order valence-electron chi connectivity index (χ0n) is 6.16. The largest absolute Gasteiger partial charge is 0.480 e. The van der Waals surface area contributed by atoms with Crippen LogP contribution in [0.5, 0.6) is 0 Å². The van der Waals surface area contributed by atoms with Crippen molar-refractivity contribution < 1.29 is 9.90 Å². The van der Waals surface area contributed by atoms with Gasteiger partial charge in [0.05, 0.1) is 3.79 Å². The Labute approximate surface area is 82.3 Å². The first-order valence-electron chi connectivity index (χ1n) is 3.31. The van der Waals surface area contributed by atoms with Crippen molar-refractivity contribution in [3.63, 3.8) is 0 Å². The van der Waals surface area contributed by atoms with Gasteiger partial charge in [-0.1, -0.05) is 0 Å². The lowest BCUT2D eigenvalue weighted by atomic mass is 10.1. The molecule has 0 aliphatic carbocycles. The molecule has 0 aliphatic heterocycles. The van der Waals surface area contributed by atoms with E-state index >= 15 is 0 Å². The highest BCUT2D eigenvalue weighted by Gasteiger charge is 2.12. The van der Waals surface area contributed by atoms with Gasteiger partial charge in [-0.3, -0.25) is 4.79 Å². The minimum atomic E-state index is -0.961. The molecule has 0 aromatic carbocycles. The average molecular weight is 250 g/mol. The SMILES string of the molecule is N[C@H](Cc1csc(Br)c1)C(=O)O. The quantitative estimate of drug-likeness (QED) is 0.853. The number of rotatable bonds is 3. The highest BCUT2D eigenvalue weighted by atomic mass is 79.9. The molecule has 0 radical (unpaired) electrons. The molecule has 1 rings (SSSR count). The molecular formula is C7H8BrNO2S. The fourth-order valence-electron chi connectivity index (χ4n) is 0.794. The second-order valence-corrected chi connectivity index (χ2v) is 4.70. The molecule has 1 heterocycles. The summed E-state index contributed by atoms with van der Waals surface area (Å²) in [6.07, 6.45) is 0.386. The molecule has 0 unspecified atom stereocenters. The van der Waals surface area contributed by atoms with E-state index in [0.717, 1.165) is 9.35 Å². The summed E-state index contributed by atoms with van der Waals surface area (Å²) in [6, 6.07) is 1.08. The van der Waals surface area contributed by atoms with Gasteiger partial charge in [0.2, 0.25) is 0 Å². The fraction of sp³-hybridized carbons (Fsp3) is 0.286. The predicted molar refractivity (Wildman–Crippen MR) is 51.3 cm³/mol. The molecule has 0 aliphatic rings. The lowest BCUT2D eigenvalue weighted by molar-refractivity contribution is -0.138. The summed E-state index contributed by atoms with van der Waals surface area (Å²) in [5, 5.41) is 10.4. The number of hydrogen-bond donors (Lipinski definition) is 2. The van der Waals surface area contributed by atoms with Crippen LogP contribution in [-0.4, -0.2) is 17.1 Å². The van der Waals surface area contributed by atoms with Crippen LogP contribution in [0.25, 0.3) is 0 Å². The van der Waals surface area contributed by atoms with Gasteiger partial charge in [0, 0.05) is 0 Å². The number of thiophene rings is 1. The van der Waals surface area contributed by atoms with Gasteiger partial charge >= 0.3 is 5.97 Å². The van der Waals surface area contributed by atoms with E-state index in [0.29, 0.717) is 6.42 Å². The summed E-state index contributed by atoms with van der Waals surface area (Å²) in [7, 11) is 0. The fourth-order valence-corrected chi connectivity index (χ4v) is 2.02. The van der Waals surface area contributed by atoms with Crippen LogP contribution >= 0.6 is 27.3 Å². The first-order chi connectivity index (χ1) is 5.59. The first-order valence-corrected chi connectivity index (χ1v) is 4.98. The lowest BCUT2D eigenvalue weighted by Crippen LogP contribution is -2.32. The Balaban J connectivity index is 2.58. The van der Waals surface area contributed by atoms with Gasteiger partial charge in [0.1, 0.15) is 6.04 Å². The number of halogens is 1. The van der Waals surface area contributed by atoms with Crippen LogP contribution in [0.15, 0.2) is 15.2 Å². The van der Waals surface area contributed by atoms with Crippen LogP contribution in [0.4, 0.5) is 0 Å². The predicted octanol–water partition coefficient (Wildman–Crippen LogP) is 1.47. The van der Waals surface area contributed by atoms with Crippen LogP contribution in [0.1, 0.15) is 5.56 Å². The molecular weight excluding hydrogens is 242 g/mol. The average Bonchev–Trinajstić information content (AvgIpc) is 2.35. The summed E-state index contributed by atoms with van der Waals surface area (Å²) in [5.74, 6) is -0.961. The number of aliphatic carboxylic acids is 1. The molecule has 3 N–H and O–H groups in total. The summed E-state index contributed by atoms with van der Waals surface area (Å²) in [4.78, 5) is 10.4. The molecule has 0 bridgehead atoms.